The molecule has 0 atom stereocenters. The van der Waals surface area contributed by atoms with Crippen LogP contribution < -0.4 is 10.5 Å². The van der Waals surface area contributed by atoms with Crippen molar-refractivity contribution in [2.75, 3.05) is 19.8 Å². The van der Waals surface area contributed by atoms with Crippen molar-refractivity contribution in [1.29, 1.82) is 0 Å². The van der Waals surface area contributed by atoms with Crippen LogP contribution in [0.5, 0.6) is 5.75 Å². The Morgan fingerprint density at radius 3 is 2.57 bits per heavy atom. The van der Waals surface area contributed by atoms with E-state index in [4.69, 9.17) is 15.6 Å². The molecule has 0 aliphatic rings. The molecule has 0 fully saturated rings. The quantitative estimate of drug-likeness (QED) is 0.734. The summed E-state index contributed by atoms with van der Waals surface area (Å²) >= 11 is 0. The molecule has 0 heterocycles. The van der Waals surface area contributed by atoms with Gasteiger partial charge in [-0.3, -0.25) is 0 Å². The molecule has 3 N–H and O–H groups in total. The van der Waals surface area contributed by atoms with Crippen molar-refractivity contribution in [1.82, 2.24) is 0 Å². The van der Waals surface area contributed by atoms with Gasteiger partial charge in [0.25, 0.3) is 0 Å². The molecule has 0 saturated heterocycles. The molecule has 0 unspecified atom stereocenters. The van der Waals surface area contributed by atoms with Gasteiger partial charge < -0.3 is 15.6 Å². The Kier molecular flexibility index (Phi) is 4.75. The van der Waals surface area contributed by atoms with Crippen LogP contribution in [0.4, 0.5) is 0 Å². The third-order valence-corrected chi connectivity index (χ3v) is 1.69. The lowest BCUT2D eigenvalue weighted by molar-refractivity contribution is 0.201. The fourth-order valence-corrected chi connectivity index (χ4v) is 1.04. The molecule has 14 heavy (non-hydrogen) atoms. The maximum Gasteiger partial charge on any atom is 0.119 e. The van der Waals surface area contributed by atoms with Crippen molar-refractivity contribution >= 4 is 6.08 Å². The van der Waals surface area contributed by atoms with E-state index in [9.17, 15) is 0 Å². The monoisotopic (exact) mass is 193 g/mol. The first-order valence-electron chi connectivity index (χ1n) is 4.57. The van der Waals surface area contributed by atoms with Gasteiger partial charge in [-0.1, -0.05) is 24.3 Å². The highest BCUT2D eigenvalue weighted by atomic mass is 16.5. The van der Waals surface area contributed by atoms with Gasteiger partial charge in [-0.25, -0.2) is 0 Å². The standard InChI is InChI=1S/C11H15NO2/c12-7-1-2-10-3-5-11(6-4-10)14-9-8-13/h1-6,13H,7-9,12H2/b2-1+. The van der Waals surface area contributed by atoms with Gasteiger partial charge in [0.05, 0.1) is 6.61 Å². The molecule has 0 aliphatic heterocycles. The Bertz CT molecular complexity index is 280. The Labute approximate surface area is 83.8 Å². The molecular weight excluding hydrogens is 178 g/mol. The van der Waals surface area contributed by atoms with Crippen molar-refractivity contribution in [3.63, 3.8) is 0 Å². The lowest BCUT2D eigenvalue weighted by Gasteiger charge is -2.03. The van der Waals surface area contributed by atoms with Crippen LogP contribution >= 0.6 is 0 Å². The van der Waals surface area contributed by atoms with E-state index in [2.05, 4.69) is 0 Å². The smallest absolute Gasteiger partial charge is 0.119 e. The number of aliphatic hydroxyl groups excluding tert-OH is 1. The van der Waals surface area contributed by atoms with Crippen molar-refractivity contribution in [2.24, 2.45) is 5.73 Å². The second kappa shape index (κ2) is 6.18. The van der Waals surface area contributed by atoms with Gasteiger partial charge in [0.1, 0.15) is 12.4 Å². The van der Waals surface area contributed by atoms with E-state index in [-0.39, 0.29) is 6.61 Å². The summed E-state index contributed by atoms with van der Waals surface area (Å²) in [6, 6.07) is 7.62. The first-order chi connectivity index (χ1) is 6.86. The van der Waals surface area contributed by atoms with Crippen LogP contribution in [0, 0.1) is 0 Å². The van der Waals surface area contributed by atoms with E-state index < -0.39 is 0 Å². The Hall–Kier alpha value is -1.32. The molecule has 0 bridgehead atoms. The van der Waals surface area contributed by atoms with E-state index >= 15 is 0 Å². The summed E-state index contributed by atoms with van der Waals surface area (Å²) in [7, 11) is 0. The van der Waals surface area contributed by atoms with Crippen molar-refractivity contribution in [2.45, 2.75) is 0 Å². The number of nitrogens with two attached hydrogens (primary N) is 1. The van der Waals surface area contributed by atoms with Crippen molar-refractivity contribution in [3.8, 4) is 5.75 Å². The van der Waals surface area contributed by atoms with Crippen molar-refractivity contribution < 1.29 is 9.84 Å². The number of benzene rings is 1. The molecule has 0 radical (unpaired) electrons. The van der Waals surface area contributed by atoms with Gasteiger partial charge >= 0.3 is 0 Å². The minimum absolute atomic E-state index is 0.0365. The van der Waals surface area contributed by atoms with Crippen LogP contribution in [0.1, 0.15) is 5.56 Å². The number of aliphatic hydroxyl groups is 1. The molecule has 1 aromatic rings. The molecule has 0 aromatic heterocycles. The lowest BCUT2D eigenvalue weighted by Crippen LogP contribution is -2.01. The third-order valence-electron chi connectivity index (χ3n) is 1.69. The van der Waals surface area contributed by atoms with E-state index in [1.54, 1.807) is 0 Å². The molecular formula is C11H15NO2. The van der Waals surface area contributed by atoms with Crippen LogP contribution in [0.25, 0.3) is 6.08 Å². The number of hydrogen-bond donors (Lipinski definition) is 2. The van der Waals surface area contributed by atoms with Crippen molar-refractivity contribution in [3.05, 3.63) is 35.9 Å². The normalized spacial score (nSPS) is 10.7. The summed E-state index contributed by atoms with van der Waals surface area (Å²) in [5, 5.41) is 8.55. The third kappa shape index (κ3) is 3.60. The van der Waals surface area contributed by atoms with Crippen LogP contribution in [-0.4, -0.2) is 24.9 Å². The molecule has 0 amide bonds. The van der Waals surface area contributed by atoms with Gasteiger partial charge in [-0.05, 0) is 17.7 Å². The molecule has 0 aliphatic carbocycles. The zero-order chi connectivity index (χ0) is 10.2. The summed E-state index contributed by atoms with van der Waals surface area (Å²) in [6.45, 7) is 0.912. The zero-order valence-electron chi connectivity index (χ0n) is 8.02. The molecule has 0 spiro atoms. The molecule has 76 valence electrons. The van der Waals surface area contributed by atoms with Gasteiger partial charge in [0.2, 0.25) is 0 Å². The van der Waals surface area contributed by atoms with E-state index in [0.29, 0.717) is 13.2 Å². The topological polar surface area (TPSA) is 55.5 Å². The second-order valence-electron chi connectivity index (χ2n) is 2.78. The highest BCUT2D eigenvalue weighted by molar-refractivity contribution is 5.50. The minimum Gasteiger partial charge on any atom is -0.491 e. The number of rotatable bonds is 5. The zero-order valence-corrected chi connectivity index (χ0v) is 8.02. The molecule has 1 rings (SSSR count). The average molecular weight is 193 g/mol. The van der Waals surface area contributed by atoms with Crippen LogP contribution in [0.15, 0.2) is 30.3 Å². The Morgan fingerprint density at radius 2 is 2.00 bits per heavy atom. The fourth-order valence-electron chi connectivity index (χ4n) is 1.04. The van der Waals surface area contributed by atoms with Gasteiger partial charge in [-0.15, -0.1) is 0 Å². The lowest BCUT2D eigenvalue weighted by atomic mass is 10.2. The second-order valence-corrected chi connectivity index (χ2v) is 2.78. The molecule has 3 heteroatoms. The van der Waals surface area contributed by atoms with Crippen LogP contribution in [-0.2, 0) is 0 Å². The van der Waals surface area contributed by atoms with Crippen LogP contribution in [0.2, 0.25) is 0 Å². The average Bonchev–Trinajstić information content (AvgIpc) is 2.25. The largest absolute Gasteiger partial charge is 0.491 e. The molecule has 3 nitrogen and oxygen atoms in total. The highest BCUT2D eigenvalue weighted by Gasteiger charge is 1.91. The maximum atomic E-state index is 8.55. The summed E-state index contributed by atoms with van der Waals surface area (Å²) in [4.78, 5) is 0. The summed E-state index contributed by atoms with van der Waals surface area (Å²) < 4.78 is 5.22. The summed E-state index contributed by atoms with van der Waals surface area (Å²) in [5.41, 5.74) is 6.42. The summed E-state index contributed by atoms with van der Waals surface area (Å²) in [5.74, 6) is 0.768. The number of hydrogen-bond acceptors (Lipinski definition) is 3. The Morgan fingerprint density at radius 1 is 1.29 bits per heavy atom. The molecule has 1 aromatic carbocycles. The van der Waals surface area contributed by atoms with E-state index in [1.165, 1.54) is 0 Å². The minimum atomic E-state index is 0.0365. The van der Waals surface area contributed by atoms with Gasteiger partial charge in [0, 0.05) is 6.54 Å². The predicted octanol–water partition coefficient (Wildman–Crippen LogP) is 1.03. The fraction of sp³-hybridized carbons (Fsp3) is 0.273. The van der Waals surface area contributed by atoms with Crippen LogP contribution in [0.3, 0.4) is 0 Å². The van der Waals surface area contributed by atoms with Gasteiger partial charge in [-0.2, -0.15) is 0 Å². The predicted molar refractivity (Wildman–Crippen MR) is 57.1 cm³/mol. The first kappa shape index (κ1) is 10.8. The Balaban J connectivity index is 2.54. The van der Waals surface area contributed by atoms with E-state index in [0.717, 1.165) is 11.3 Å². The van der Waals surface area contributed by atoms with E-state index in [1.807, 2.05) is 36.4 Å². The summed E-state index contributed by atoms with van der Waals surface area (Å²) in [6.07, 6.45) is 3.85. The maximum absolute atomic E-state index is 8.55. The molecule has 0 saturated carbocycles. The number of ether oxygens (including phenoxy) is 1. The van der Waals surface area contributed by atoms with Gasteiger partial charge in [0.15, 0.2) is 0 Å². The highest BCUT2D eigenvalue weighted by Crippen LogP contribution is 2.12. The first-order valence-corrected chi connectivity index (χ1v) is 4.57. The SMILES string of the molecule is NC/C=C/c1ccc(OCCO)cc1.